The van der Waals surface area contributed by atoms with Crippen LogP contribution in [-0.4, -0.2) is 11.6 Å². The van der Waals surface area contributed by atoms with Crippen LogP contribution in [-0.2, 0) is 13.0 Å². The summed E-state index contributed by atoms with van der Waals surface area (Å²) in [4.78, 5) is 4.51. The van der Waals surface area contributed by atoms with Crippen LogP contribution in [0, 0.1) is 11.8 Å². The van der Waals surface area contributed by atoms with E-state index in [9.17, 15) is 0 Å². The van der Waals surface area contributed by atoms with E-state index in [0.717, 1.165) is 43.0 Å². The summed E-state index contributed by atoms with van der Waals surface area (Å²) in [7, 11) is 0. The van der Waals surface area contributed by atoms with E-state index in [1.807, 2.05) is 6.07 Å². The molecule has 1 aromatic heterocycles. The molecule has 0 saturated heterocycles. The number of pyridine rings is 1. The van der Waals surface area contributed by atoms with Gasteiger partial charge in [0, 0.05) is 18.3 Å². The molecule has 0 aliphatic heterocycles. The van der Waals surface area contributed by atoms with E-state index in [-0.39, 0.29) is 0 Å². The first-order valence-corrected chi connectivity index (χ1v) is 7.20. The third-order valence-electron chi connectivity index (χ3n) is 3.88. The molecule has 0 fully saturated rings. The Kier molecular flexibility index (Phi) is 4.97. The van der Waals surface area contributed by atoms with E-state index >= 15 is 0 Å². The summed E-state index contributed by atoms with van der Waals surface area (Å²) in [5.41, 5.74) is 7.86. The first-order valence-electron chi connectivity index (χ1n) is 7.20. The zero-order valence-electron chi connectivity index (χ0n) is 11.9. The summed E-state index contributed by atoms with van der Waals surface area (Å²) >= 11 is 0. The fourth-order valence-electron chi connectivity index (χ4n) is 2.42. The highest BCUT2D eigenvalue weighted by Gasteiger charge is 2.19. The number of aromatic nitrogens is 1. The number of hydrogen-bond donors (Lipinski definition) is 1. The number of aryl methyl sites for hydroxylation is 1. The van der Waals surface area contributed by atoms with Crippen molar-refractivity contribution in [2.45, 2.75) is 39.7 Å². The molecule has 1 heterocycles. The largest absolute Gasteiger partial charge is 0.477 e. The van der Waals surface area contributed by atoms with Crippen molar-refractivity contribution >= 4 is 0 Å². The molecule has 0 bridgehead atoms. The molecule has 104 valence electrons. The fourth-order valence-corrected chi connectivity index (χ4v) is 2.42. The van der Waals surface area contributed by atoms with E-state index in [1.54, 1.807) is 0 Å². The highest BCUT2D eigenvalue weighted by atomic mass is 16.5. The number of allylic oxidation sites excluding steroid dienone is 2. The average Bonchev–Trinajstić information content (AvgIpc) is 2.46. The van der Waals surface area contributed by atoms with Gasteiger partial charge in [-0.3, -0.25) is 0 Å². The highest BCUT2D eigenvalue weighted by molar-refractivity contribution is 5.25. The lowest BCUT2D eigenvalue weighted by molar-refractivity contribution is 0.192. The van der Waals surface area contributed by atoms with Crippen molar-refractivity contribution in [3.8, 4) is 5.88 Å². The summed E-state index contributed by atoms with van der Waals surface area (Å²) in [5.74, 6) is 2.01. The number of ether oxygens (including phenoxy) is 1. The van der Waals surface area contributed by atoms with Gasteiger partial charge in [-0.2, -0.15) is 0 Å². The molecule has 19 heavy (non-hydrogen) atoms. The molecule has 2 unspecified atom stereocenters. The van der Waals surface area contributed by atoms with Gasteiger partial charge >= 0.3 is 0 Å². The second kappa shape index (κ2) is 6.71. The fraction of sp³-hybridized carbons (Fsp3) is 0.562. The van der Waals surface area contributed by atoms with Crippen molar-refractivity contribution in [2.24, 2.45) is 17.6 Å². The molecule has 0 aromatic carbocycles. The zero-order chi connectivity index (χ0) is 13.7. The SMILES string of the molecule is CCc1cc(CN)cc(OCC2CC=CCC2C)n1. The average molecular weight is 260 g/mol. The molecular formula is C16H24N2O. The Labute approximate surface area is 115 Å². The van der Waals surface area contributed by atoms with Gasteiger partial charge in [-0.15, -0.1) is 0 Å². The Hall–Kier alpha value is -1.35. The van der Waals surface area contributed by atoms with Crippen molar-refractivity contribution in [3.05, 3.63) is 35.5 Å². The lowest BCUT2D eigenvalue weighted by atomic mass is 9.85. The highest BCUT2D eigenvalue weighted by Crippen LogP contribution is 2.25. The zero-order valence-corrected chi connectivity index (χ0v) is 11.9. The van der Waals surface area contributed by atoms with Crippen molar-refractivity contribution in [1.29, 1.82) is 0 Å². The predicted octanol–water partition coefficient (Wildman–Crippen LogP) is 3.08. The van der Waals surface area contributed by atoms with Gasteiger partial charge in [0.05, 0.1) is 6.61 Å². The maximum atomic E-state index is 5.90. The lowest BCUT2D eigenvalue weighted by Gasteiger charge is -2.25. The summed E-state index contributed by atoms with van der Waals surface area (Å²) in [5, 5.41) is 0. The van der Waals surface area contributed by atoms with Gasteiger partial charge in [-0.25, -0.2) is 4.98 Å². The lowest BCUT2D eigenvalue weighted by Crippen LogP contribution is -2.21. The molecule has 2 atom stereocenters. The van der Waals surface area contributed by atoms with Gasteiger partial charge in [0.25, 0.3) is 0 Å². The molecule has 2 N–H and O–H groups in total. The quantitative estimate of drug-likeness (QED) is 0.828. The van der Waals surface area contributed by atoms with Crippen LogP contribution in [0.1, 0.15) is 37.9 Å². The van der Waals surface area contributed by atoms with Gasteiger partial charge in [0.15, 0.2) is 0 Å². The smallest absolute Gasteiger partial charge is 0.213 e. The van der Waals surface area contributed by atoms with E-state index in [1.165, 1.54) is 0 Å². The van der Waals surface area contributed by atoms with E-state index < -0.39 is 0 Å². The normalized spacial score (nSPS) is 22.5. The molecule has 1 aliphatic carbocycles. The third kappa shape index (κ3) is 3.80. The van der Waals surface area contributed by atoms with Gasteiger partial charge in [-0.1, -0.05) is 26.0 Å². The number of nitrogens with zero attached hydrogens (tertiary/aromatic N) is 1. The molecule has 3 heteroatoms. The Balaban J connectivity index is 2.00. The van der Waals surface area contributed by atoms with Crippen LogP contribution in [0.4, 0.5) is 0 Å². The summed E-state index contributed by atoms with van der Waals surface area (Å²) < 4.78 is 5.90. The first-order chi connectivity index (χ1) is 9.22. The Morgan fingerprint density at radius 1 is 1.32 bits per heavy atom. The summed E-state index contributed by atoms with van der Waals surface area (Å²) in [6.45, 7) is 5.67. The minimum Gasteiger partial charge on any atom is -0.477 e. The Morgan fingerprint density at radius 2 is 2.11 bits per heavy atom. The maximum absolute atomic E-state index is 5.90. The monoisotopic (exact) mass is 260 g/mol. The molecular weight excluding hydrogens is 236 g/mol. The third-order valence-corrected chi connectivity index (χ3v) is 3.88. The number of rotatable bonds is 5. The number of nitrogens with two attached hydrogens (primary N) is 1. The van der Waals surface area contributed by atoms with Gasteiger partial charge in [-0.05, 0) is 42.7 Å². The first kappa shape index (κ1) is 14.1. The van der Waals surface area contributed by atoms with Crippen molar-refractivity contribution < 1.29 is 4.74 Å². The molecule has 0 spiro atoms. The van der Waals surface area contributed by atoms with Gasteiger partial charge in [0.1, 0.15) is 0 Å². The van der Waals surface area contributed by atoms with Crippen molar-refractivity contribution in [3.63, 3.8) is 0 Å². The van der Waals surface area contributed by atoms with E-state index in [2.05, 4.69) is 37.0 Å². The summed E-state index contributed by atoms with van der Waals surface area (Å²) in [6.07, 6.45) is 7.70. The van der Waals surface area contributed by atoms with Crippen LogP contribution in [0.15, 0.2) is 24.3 Å². The number of hydrogen-bond acceptors (Lipinski definition) is 3. The summed E-state index contributed by atoms with van der Waals surface area (Å²) in [6, 6.07) is 4.02. The molecule has 0 saturated carbocycles. The molecule has 2 rings (SSSR count). The standard InChI is InChI=1S/C16H24N2O/c1-3-15-8-13(10-17)9-16(18-15)19-11-14-7-5-4-6-12(14)2/h4-5,8-9,12,14H,3,6-7,10-11,17H2,1-2H3. The molecule has 1 aliphatic rings. The van der Waals surface area contributed by atoms with Crippen molar-refractivity contribution in [2.75, 3.05) is 6.61 Å². The van der Waals surface area contributed by atoms with Crippen LogP contribution in [0.5, 0.6) is 5.88 Å². The van der Waals surface area contributed by atoms with Crippen molar-refractivity contribution in [1.82, 2.24) is 4.98 Å². The minimum atomic E-state index is 0.536. The maximum Gasteiger partial charge on any atom is 0.213 e. The molecule has 0 radical (unpaired) electrons. The Morgan fingerprint density at radius 3 is 2.79 bits per heavy atom. The van der Waals surface area contributed by atoms with Gasteiger partial charge in [0.2, 0.25) is 5.88 Å². The van der Waals surface area contributed by atoms with E-state index in [4.69, 9.17) is 10.5 Å². The molecule has 0 amide bonds. The minimum absolute atomic E-state index is 0.536. The van der Waals surface area contributed by atoms with Crippen LogP contribution in [0.25, 0.3) is 0 Å². The van der Waals surface area contributed by atoms with Crippen LogP contribution in [0.2, 0.25) is 0 Å². The van der Waals surface area contributed by atoms with Gasteiger partial charge < -0.3 is 10.5 Å². The predicted molar refractivity (Wildman–Crippen MR) is 78.0 cm³/mol. The molecule has 1 aromatic rings. The van der Waals surface area contributed by atoms with E-state index in [0.29, 0.717) is 18.4 Å². The second-order valence-corrected chi connectivity index (χ2v) is 5.35. The topological polar surface area (TPSA) is 48.1 Å². The Bertz CT molecular complexity index is 420. The van der Waals surface area contributed by atoms with Crippen LogP contribution in [0.3, 0.4) is 0 Å². The molecule has 3 nitrogen and oxygen atoms in total. The second-order valence-electron chi connectivity index (χ2n) is 5.35. The van der Waals surface area contributed by atoms with Crippen LogP contribution < -0.4 is 10.5 Å². The van der Waals surface area contributed by atoms with Crippen LogP contribution >= 0.6 is 0 Å².